The molecule has 82 valence electrons. The maximum absolute atomic E-state index is 13.0. The van der Waals surface area contributed by atoms with Gasteiger partial charge < -0.3 is 5.73 Å². The number of rotatable bonds is 1. The molecule has 0 atom stereocenters. The molecule has 2 N–H and O–H groups in total. The normalized spacial score (nSPS) is 11.5. The van der Waals surface area contributed by atoms with Gasteiger partial charge in [-0.15, -0.1) is 0 Å². The van der Waals surface area contributed by atoms with E-state index in [1.165, 1.54) is 0 Å². The molecule has 0 fully saturated rings. The number of halogens is 4. The van der Waals surface area contributed by atoms with Gasteiger partial charge in [-0.05, 0) is 19.1 Å². The van der Waals surface area contributed by atoms with E-state index in [4.69, 9.17) is 5.73 Å². The molecular weight excluding hydrogens is 214 g/mol. The lowest BCUT2D eigenvalue weighted by molar-refractivity contribution is -0.140. The number of carbonyl (C=O) groups excluding carboxylic acids is 1. The van der Waals surface area contributed by atoms with E-state index in [1.54, 1.807) is 0 Å². The van der Waals surface area contributed by atoms with Crippen LogP contribution >= 0.6 is 0 Å². The van der Waals surface area contributed by atoms with Crippen LogP contribution < -0.4 is 5.73 Å². The average molecular weight is 221 g/mol. The van der Waals surface area contributed by atoms with Crippen molar-refractivity contribution in [3.63, 3.8) is 0 Å². The molecule has 0 unspecified atom stereocenters. The minimum absolute atomic E-state index is 0.378. The van der Waals surface area contributed by atoms with Gasteiger partial charge >= 0.3 is 6.18 Å². The van der Waals surface area contributed by atoms with E-state index in [0.717, 1.165) is 13.0 Å². The van der Waals surface area contributed by atoms with E-state index in [2.05, 4.69) is 0 Å². The van der Waals surface area contributed by atoms with Crippen molar-refractivity contribution < 1.29 is 22.4 Å². The SMILES string of the molecule is CC(=O)c1c(N)ccc(F)c1C(F)(F)F. The van der Waals surface area contributed by atoms with Crippen molar-refractivity contribution in [3.05, 3.63) is 29.1 Å². The summed E-state index contributed by atoms with van der Waals surface area (Å²) in [4.78, 5) is 10.9. The van der Waals surface area contributed by atoms with E-state index < -0.39 is 28.9 Å². The predicted octanol–water partition coefficient (Wildman–Crippen LogP) is 2.63. The second-order valence-corrected chi connectivity index (χ2v) is 2.94. The zero-order chi connectivity index (χ0) is 11.8. The van der Waals surface area contributed by atoms with Crippen molar-refractivity contribution in [1.29, 1.82) is 0 Å². The summed E-state index contributed by atoms with van der Waals surface area (Å²) in [5.74, 6) is -2.42. The van der Waals surface area contributed by atoms with E-state index in [9.17, 15) is 22.4 Å². The van der Waals surface area contributed by atoms with Crippen molar-refractivity contribution >= 4 is 11.5 Å². The van der Waals surface area contributed by atoms with Crippen molar-refractivity contribution in [2.45, 2.75) is 13.1 Å². The van der Waals surface area contributed by atoms with Crippen LogP contribution in [0.1, 0.15) is 22.8 Å². The van der Waals surface area contributed by atoms with Gasteiger partial charge in [-0.3, -0.25) is 4.79 Å². The van der Waals surface area contributed by atoms with Gasteiger partial charge in [-0.1, -0.05) is 0 Å². The first-order chi connectivity index (χ1) is 6.75. The van der Waals surface area contributed by atoms with E-state index in [0.29, 0.717) is 6.07 Å². The molecule has 15 heavy (non-hydrogen) atoms. The fraction of sp³-hybridized carbons (Fsp3) is 0.222. The number of carbonyl (C=O) groups is 1. The van der Waals surface area contributed by atoms with Crippen LogP contribution in [0.5, 0.6) is 0 Å². The summed E-state index contributed by atoms with van der Waals surface area (Å²) in [6.45, 7) is 0.903. The van der Waals surface area contributed by atoms with Crippen LogP contribution in [0, 0.1) is 5.82 Å². The minimum Gasteiger partial charge on any atom is -0.398 e. The van der Waals surface area contributed by atoms with Crippen LogP contribution in [0.4, 0.5) is 23.2 Å². The van der Waals surface area contributed by atoms with Crippen molar-refractivity contribution in [2.75, 3.05) is 5.73 Å². The zero-order valence-corrected chi connectivity index (χ0v) is 7.65. The van der Waals surface area contributed by atoms with E-state index >= 15 is 0 Å². The van der Waals surface area contributed by atoms with E-state index in [-0.39, 0.29) is 5.69 Å². The summed E-state index contributed by atoms with van der Waals surface area (Å²) in [6, 6.07) is 1.52. The monoisotopic (exact) mass is 221 g/mol. The highest BCUT2D eigenvalue weighted by Crippen LogP contribution is 2.36. The molecule has 1 aromatic rings. The summed E-state index contributed by atoms with van der Waals surface area (Å²) in [5.41, 5.74) is 2.40. The van der Waals surface area contributed by atoms with Crippen molar-refractivity contribution in [2.24, 2.45) is 0 Å². The third-order valence-corrected chi connectivity index (χ3v) is 1.82. The zero-order valence-electron chi connectivity index (χ0n) is 7.65. The molecule has 0 aliphatic rings. The second-order valence-electron chi connectivity index (χ2n) is 2.94. The Balaban J connectivity index is 3.60. The first-order valence-corrected chi connectivity index (χ1v) is 3.91. The molecule has 0 aliphatic carbocycles. The summed E-state index contributed by atoms with van der Waals surface area (Å²) >= 11 is 0. The summed E-state index contributed by atoms with van der Waals surface area (Å²) in [7, 11) is 0. The smallest absolute Gasteiger partial charge is 0.398 e. The molecule has 2 nitrogen and oxygen atoms in total. The Hall–Kier alpha value is -1.59. The molecule has 0 saturated heterocycles. The third-order valence-electron chi connectivity index (χ3n) is 1.82. The molecule has 0 bridgehead atoms. The predicted molar refractivity (Wildman–Crippen MR) is 45.8 cm³/mol. The molecular formula is C9H7F4NO. The molecule has 1 aromatic carbocycles. The highest BCUT2D eigenvalue weighted by molar-refractivity contribution is 6.00. The molecule has 1 rings (SSSR count). The maximum Gasteiger partial charge on any atom is 0.420 e. The van der Waals surface area contributed by atoms with Crippen LogP contribution in [-0.4, -0.2) is 5.78 Å². The van der Waals surface area contributed by atoms with Crippen LogP contribution in [-0.2, 0) is 6.18 Å². The minimum atomic E-state index is -4.93. The van der Waals surface area contributed by atoms with Crippen LogP contribution in [0.25, 0.3) is 0 Å². The Bertz CT molecular complexity index is 411. The Morgan fingerprint density at radius 3 is 2.20 bits per heavy atom. The number of ketones is 1. The number of nitrogens with two attached hydrogens (primary N) is 1. The number of nitrogen functional groups attached to an aromatic ring is 1. The quantitative estimate of drug-likeness (QED) is 0.450. The molecule has 0 radical (unpaired) electrons. The fourth-order valence-corrected chi connectivity index (χ4v) is 1.25. The number of Topliss-reactive ketones (excluding diaryl/α,β-unsaturated/α-hetero) is 1. The summed E-state index contributed by atoms with van der Waals surface area (Å²) < 4.78 is 50.2. The number of anilines is 1. The van der Waals surface area contributed by atoms with Gasteiger partial charge in [0.25, 0.3) is 0 Å². The van der Waals surface area contributed by atoms with Crippen LogP contribution in [0.2, 0.25) is 0 Å². The Kier molecular flexibility index (Phi) is 2.70. The first-order valence-electron chi connectivity index (χ1n) is 3.91. The van der Waals surface area contributed by atoms with Gasteiger partial charge in [0.05, 0.1) is 5.56 Å². The van der Waals surface area contributed by atoms with Crippen LogP contribution in [0.15, 0.2) is 12.1 Å². The van der Waals surface area contributed by atoms with E-state index in [1.807, 2.05) is 0 Å². The van der Waals surface area contributed by atoms with Crippen LogP contribution in [0.3, 0.4) is 0 Å². The van der Waals surface area contributed by atoms with Gasteiger partial charge in [0.1, 0.15) is 11.4 Å². The van der Waals surface area contributed by atoms with Gasteiger partial charge in [0.15, 0.2) is 5.78 Å². The third kappa shape index (κ3) is 2.08. The van der Waals surface area contributed by atoms with Crippen molar-refractivity contribution in [3.8, 4) is 0 Å². The second kappa shape index (κ2) is 3.52. The Morgan fingerprint density at radius 1 is 1.33 bits per heavy atom. The molecule has 0 saturated carbocycles. The highest BCUT2D eigenvalue weighted by atomic mass is 19.4. The first kappa shape index (κ1) is 11.5. The van der Waals surface area contributed by atoms with Gasteiger partial charge in [0, 0.05) is 5.69 Å². The van der Waals surface area contributed by atoms with Gasteiger partial charge in [-0.2, -0.15) is 13.2 Å². The molecule has 0 spiro atoms. The lowest BCUT2D eigenvalue weighted by atomic mass is 10.0. The summed E-state index contributed by atoms with van der Waals surface area (Å²) in [5, 5.41) is 0. The molecule has 6 heteroatoms. The molecule has 0 aromatic heterocycles. The van der Waals surface area contributed by atoms with Gasteiger partial charge in [0.2, 0.25) is 0 Å². The Labute approximate surface area is 82.7 Å². The van der Waals surface area contributed by atoms with Crippen molar-refractivity contribution in [1.82, 2.24) is 0 Å². The lowest BCUT2D eigenvalue weighted by Crippen LogP contribution is -2.16. The fourth-order valence-electron chi connectivity index (χ4n) is 1.25. The number of alkyl halides is 3. The number of hydrogen-bond acceptors (Lipinski definition) is 2. The van der Waals surface area contributed by atoms with Gasteiger partial charge in [-0.25, -0.2) is 4.39 Å². The highest BCUT2D eigenvalue weighted by Gasteiger charge is 2.38. The molecule has 0 heterocycles. The lowest BCUT2D eigenvalue weighted by Gasteiger charge is -2.13. The number of benzene rings is 1. The largest absolute Gasteiger partial charge is 0.420 e. The maximum atomic E-state index is 13.0. The molecule has 0 amide bonds. The average Bonchev–Trinajstić information content (AvgIpc) is 2.05. The summed E-state index contributed by atoms with van der Waals surface area (Å²) in [6.07, 6.45) is -4.93. The standard InChI is InChI=1S/C9H7F4NO/c1-4(15)7-6(14)3-2-5(10)8(7)9(11,12)13/h2-3H,14H2,1H3. The molecule has 0 aliphatic heterocycles. The topological polar surface area (TPSA) is 43.1 Å². The Morgan fingerprint density at radius 2 is 1.87 bits per heavy atom. The number of hydrogen-bond donors (Lipinski definition) is 1.